The second kappa shape index (κ2) is 10.4. The molecule has 7 heteroatoms. The number of rotatable bonds is 8. The molecule has 0 spiro atoms. The number of hydrogen-bond donors (Lipinski definition) is 1. The Morgan fingerprint density at radius 2 is 1.72 bits per heavy atom. The van der Waals surface area contributed by atoms with Crippen molar-refractivity contribution >= 4 is 23.5 Å². The molecular weight excluding hydrogens is 428 g/mol. The van der Waals surface area contributed by atoms with Crippen LogP contribution in [0.25, 0.3) is 0 Å². The van der Waals surface area contributed by atoms with E-state index in [0.29, 0.717) is 41.7 Å². The molecular formula is C25H27ClN2O4. The molecule has 0 aliphatic heterocycles. The number of aromatic amines is 1. The van der Waals surface area contributed by atoms with Crippen molar-refractivity contribution in [3.63, 3.8) is 0 Å². The first-order valence-corrected chi connectivity index (χ1v) is 10.7. The summed E-state index contributed by atoms with van der Waals surface area (Å²) in [6.45, 7) is 6.43. The Hall–Kier alpha value is -3.25. The largest absolute Gasteiger partial charge is 0.497 e. The molecule has 3 rings (SSSR count). The number of amides is 1. The van der Waals surface area contributed by atoms with Gasteiger partial charge in [-0.3, -0.25) is 4.79 Å². The molecule has 0 saturated carbocycles. The number of methoxy groups -OCH3 is 1. The predicted octanol–water partition coefficient (Wildman–Crippen LogP) is 5.31. The highest BCUT2D eigenvalue weighted by molar-refractivity contribution is 6.31. The van der Waals surface area contributed by atoms with E-state index in [0.717, 1.165) is 22.4 Å². The SMILES string of the molecule is CCOC(=O)c1[nH]c(C)c(CN(Cc2ccccc2Cl)C(=O)c2ccc(OC)cc2)c1C. The van der Waals surface area contributed by atoms with Crippen molar-refractivity contribution in [3.8, 4) is 5.75 Å². The smallest absolute Gasteiger partial charge is 0.355 e. The van der Waals surface area contributed by atoms with E-state index in [9.17, 15) is 9.59 Å². The molecule has 0 aliphatic carbocycles. The van der Waals surface area contributed by atoms with E-state index in [1.165, 1.54) is 0 Å². The molecule has 0 bridgehead atoms. The van der Waals surface area contributed by atoms with Crippen LogP contribution in [0.4, 0.5) is 0 Å². The summed E-state index contributed by atoms with van der Waals surface area (Å²) >= 11 is 6.38. The highest BCUT2D eigenvalue weighted by Gasteiger charge is 2.23. The van der Waals surface area contributed by atoms with Gasteiger partial charge in [0, 0.05) is 29.4 Å². The molecule has 1 heterocycles. The van der Waals surface area contributed by atoms with E-state index in [4.69, 9.17) is 21.1 Å². The Labute approximate surface area is 193 Å². The molecule has 0 fully saturated rings. The second-order valence-corrected chi connectivity index (χ2v) is 7.84. The number of esters is 1. The number of ether oxygens (including phenoxy) is 2. The van der Waals surface area contributed by atoms with Crippen molar-refractivity contribution in [1.82, 2.24) is 9.88 Å². The fraction of sp³-hybridized carbons (Fsp3) is 0.280. The van der Waals surface area contributed by atoms with Gasteiger partial charge >= 0.3 is 5.97 Å². The van der Waals surface area contributed by atoms with Crippen molar-refractivity contribution in [1.29, 1.82) is 0 Å². The Balaban J connectivity index is 1.96. The lowest BCUT2D eigenvalue weighted by Crippen LogP contribution is -2.30. The Bertz CT molecular complexity index is 1110. The number of benzene rings is 2. The minimum atomic E-state index is -0.404. The Morgan fingerprint density at radius 1 is 1.03 bits per heavy atom. The fourth-order valence-electron chi connectivity index (χ4n) is 3.57. The highest BCUT2D eigenvalue weighted by atomic mass is 35.5. The summed E-state index contributed by atoms with van der Waals surface area (Å²) in [6, 6.07) is 14.4. The lowest BCUT2D eigenvalue weighted by Gasteiger charge is -2.24. The maximum absolute atomic E-state index is 13.5. The van der Waals surface area contributed by atoms with E-state index < -0.39 is 5.97 Å². The average Bonchev–Trinajstić information content (AvgIpc) is 3.08. The van der Waals surface area contributed by atoms with Crippen LogP contribution in [0.15, 0.2) is 48.5 Å². The van der Waals surface area contributed by atoms with Crippen LogP contribution in [-0.4, -0.2) is 35.5 Å². The van der Waals surface area contributed by atoms with Gasteiger partial charge in [-0.05, 0) is 67.8 Å². The topological polar surface area (TPSA) is 71.6 Å². The number of carbonyl (C=O) groups is 2. The maximum atomic E-state index is 13.5. The highest BCUT2D eigenvalue weighted by Crippen LogP contribution is 2.25. The number of halogens is 1. The molecule has 2 aromatic carbocycles. The van der Waals surface area contributed by atoms with Gasteiger partial charge < -0.3 is 19.4 Å². The first-order chi connectivity index (χ1) is 15.3. The lowest BCUT2D eigenvalue weighted by atomic mass is 10.1. The number of H-pyrrole nitrogens is 1. The molecule has 1 N–H and O–H groups in total. The second-order valence-electron chi connectivity index (χ2n) is 7.43. The van der Waals surface area contributed by atoms with Crippen LogP contribution in [0.5, 0.6) is 5.75 Å². The molecule has 0 unspecified atom stereocenters. The number of nitrogens with zero attached hydrogens (tertiary/aromatic N) is 1. The number of aromatic nitrogens is 1. The van der Waals surface area contributed by atoms with Crippen LogP contribution in [-0.2, 0) is 17.8 Å². The standard InChI is InChI=1S/C25H27ClN2O4/c1-5-32-25(30)23-16(2)21(17(3)27-23)15-28(14-19-8-6-7-9-22(19)26)24(29)18-10-12-20(31-4)13-11-18/h6-13,27H,5,14-15H2,1-4H3. The first kappa shape index (κ1) is 23.4. The third-order valence-corrected chi connectivity index (χ3v) is 5.73. The summed E-state index contributed by atoms with van der Waals surface area (Å²) in [6.07, 6.45) is 0. The summed E-state index contributed by atoms with van der Waals surface area (Å²) in [4.78, 5) is 30.6. The third-order valence-electron chi connectivity index (χ3n) is 5.36. The number of carbonyl (C=O) groups excluding carboxylic acids is 2. The van der Waals surface area contributed by atoms with E-state index in [1.807, 2.05) is 32.0 Å². The van der Waals surface area contributed by atoms with Crippen molar-refractivity contribution in [2.45, 2.75) is 33.9 Å². The Kier molecular flexibility index (Phi) is 7.59. The van der Waals surface area contributed by atoms with Gasteiger partial charge in [-0.1, -0.05) is 29.8 Å². The molecule has 0 saturated heterocycles. The summed E-state index contributed by atoms with van der Waals surface area (Å²) in [5.41, 5.74) is 4.25. The molecule has 1 amide bonds. The van der Waals surface area contributed by atoms with Crippen LogP contribution in [0.2, 0.25) is 5.02 Å². The van der Waals surface area contributed by atoms with Crippen LogP contribution in [0.3, 0.4) is 0 Å². The van der Waals surface area contributed by atoms with Gasteiger partial charge in [0.1, 0.15) is 11.4 Å². The van der Waals surface area contributed by atoms with E-state index in [1.54, 1.807) is 49.3 Å². The quantitative estimate of drug-likeness (QED) is 0.468. The van der Waals surface area contributed by atoms with Gasteiger partial charge in [0.15, 0.2) is 0 Å². The number of aryl methyl sites for hydroxylation is 1. The number of nitrogens with one attached hydrogen (secondary N) is 1. The van der Waals surface area contributed by atoms with Crippen LogP contribution < -0.4 is 4.74 Å². The zero-order valence-electron chi connectivity index (χ0n) is 18.7. The van der Waals surface area contributed by atoms with Crippen molar-refractivity contribution in [2.24, 2.45) is 0 Å². The molecule has 32 heavy (non-hydrogen) atoms. The summed E-state index contributed by atoms with van der Waals surface area (Å²) in [5, 5.41) is 0.592. The molecule has 3 aromatic rings. The molecule has 168 valence electrons. The molecule has 0 aliphatic rings. The van der Waals surface area contributed by atoms with E-state index in [-0.39, 0.29) is 5.91 Å². The zero-order chi connectivity index (χ0) is 23.3. The number of hydrogen-bond acceptors (Lipinski definition) is 4. The van der Waals surface area contributed by atoms with E-state index in [2.05, 4.69) is 4.98 Å². The minimum Gasteiger partial charge on any atom is -0.497 e. The Morgan fingerprint density at radius 3 is 2.34 bits per heavy atom. The van der Waals surface area contributed by atoms with Crippen LogP contribution >= 0.6 is 11.6 Å². The first-order valence-electron chi connectivity index (χ1n) is 10.4. The molecule has 1 aromatic heterocycles. The lowest BCUT2D eigenvalue weighted by molar-refractivity contribution is 0.0519. The molecule has 0 radical (unpaired) electrons. The van der Waals surface area contributed by atoms with Gasteiger partial charge in [-0.2, -0.15) is 0 Å². The van der Waals surface area contributed by atoms with Crippen molar-refractivity contribution < 1.29 is 19.1 Å². The van der Waals surface area contributed by atoms with Gasteiger partial charge in [-0.15, -0.1) is 0 Å². The molecule has 0 atom stereocenters. The van der Waals surface area contributed by atoms with Gasteiger partial charge in [0.05, 0.1) is 13.7 Å². The third kappa shape index (κ3) is 5.14. The maximum Gasteiger partial charge on any atom is 0.355 e. The van der Waals surface area contributed by atoms with Crippen molar-refractivity contribution in [3.05, 3.63) is 87.2 Å². The summed E-state index contributed by atoms with van der Waals surface area (Å²) < 4.78 is 10.4. The fourth-order valence-corrected chi connectivity index (χ4v) is 3.77. The monoisotopic (exact) mass is 454 g/mol. The molecule has 6 nitrogen and oxygen atoms in total. The summed E-state index contributed by atoms with van der Waals surface area (Å²) in [5.74, 6) is 0.124. The van der Waals surface area contributed by atoms with Gasteiger partial charge in [0.2, 0.25) is 0 Å². The van der Waals surface area contributed by atoms with Crippen LogP contribution in [0, 0.1) is 13.8 Å². The van der Waals surface area contributed by atoms with E-state index >= 15 is 0 Å². The minimum absolute atomic E-state index is 0.148. The normalized spacial score (nSPS) is 10.7. The zero-order valence-corrected chi connectivity index (χ0v) is 19.5. The van der Waals surface area contributed by atoms with Gasteiger partial charge in [0.25, 0.3) is 5.91 Å². The summed E-state index contributed by atoms with van der Waals surface area (Å²) in [7, 11) is 1.58. The average molecular weight is 455 g/mol. The predicted molar refractivity (Wildman–Crippen MR) is 124 cm³/mol. The van der Waals surface area contributed by atoms with Crippen molar-refractivity contribution in [2.75, 3.05) is 13.7 Å². The van der Waals surface area contributed by atoms with Gasteiger partial charge in [-0.25, -0.2) is 4.79 Å². The van der Waals surface area contributed by atoms with Crippen LogP contribution in [0.1, 0.15) is 50.2 Å².